The Balaban J connectivity index is 0.000000774. The minimum atomic E-state index is -0.153. The number of benzene rings is 1. The minimum Gasteiger partial charge on any atom is -0.351 e. The van der Waals surface area contributed by atoms with E-state index in [1.165, 1.54) is 0 Å². The van der Waals surface area contributed by atoms with Gasteiger partial charge < -0.3 is 15.5 Å². The van der Waals surface area contributed by atoms with E-state index in [2.05, 4.69) is 10.6 Å². The molecule has 21 heavy (non-hydrogen) atoms. The lowest BCUT2D eigenvalue weighted by molar-refractivity contribution is -0.127. The summed E-state index contributed by atoms with van der Waals surface area (Å²) in [6.07, 6.45) is 0.822. The number of amides is 1. The van der Waals surface area contributed by atoms with Crippen LogP contribution in [0.15, 0.2) is 41.6 Å². The van der Waals surface area contributed by atoms with Crippen LogP contribution < -0.4 is 10.6 Å². The van der Waals surface area contributed by atoms with E-state index in [0.29, 0.717) is 5.11 Å². The molecule has 1 amide bonds. The van der Waals surface area contributed by atoms with Crippen molar-refractivity contribution < 1.29 is 4.79 Å². The van der Waals surface area contributed by atoms with Crippen LogP contribution in [0.4, 0.5) is 0 Å². The van der Waals surface area contributed by atoms with E-state index in [9.17, 15) is 4.79 Å². The maximum atomic E-state index is 12.4. The van der Waals surface area contributed by atoms with Gasteiger partial charge >= 0.3 is 0 Å². The number of hydrogen-bond donors (Lipinski definition) is 2. The topological polar surface area (TPSA) is 44.4 Å². The Morgan fingerprint density at radius 2 is 1.90 bits per heavy atom. The molecule has 5 heteroatoms. The number of nitrogens with zero attached hydrogens (tertiary/aromatic N) is 1. The molecule has 0 aliphatic carbocycles. The van der Waals surface area contributed by atoms with Crippen LogP contribution in [0.1, 0.15) is 31.9 Å². The van der Waals surface area contributed by atoms with Crippen molar-refractivity contribution in [2.24, 2.45) is 0 Å². The number of likely N-dealkylation sites (N-methyl/N-ethyl adjacent to an activating group) is 1. The molecule has 0 spiro atoms. The van der Waals surface area contributed by atoms with Gasteiger partial charge in [0.25, 0.3) is 5.91 Å². The van der Waals surface area contributed by atoms with Gasteiger partial charge in [0.2, 0.25) is 0 Å². The highest BCUT2D eigenvalue weighted by Crippen LogP contribution is 2.31. The van der Waals surface area contributed by atoms with Crippen molar-refractivity contribution in [3.63, 3.8) is 0 Å². The molecule has 0 saturated carbocycles. The number of rotatable bonds is 1. The van der Waals surface area contributed by atoms with Gasteiger partial charge in [-0.25, -0.2) is 0 Å². The maximum Gasteiger partial charge on any atom is 0.253 e. The Bertz CT molecular complexity index is 568. The Morgan fingerprint density at radius 1 is 1.24 bits per heavy atom. The number of nitrogens with one attached hydrogen (secondary N) is 2. The summed E-state index contributed by atoms with van der Waals surface area (Å²) in [6.45, 7) is 4.73. The Hall–Kier alpha value is -1.88. The Kier molecular flexibility index (Phi) is 4.96. The summed E-state index contributed by atoms with van der Waals surface area (Å²) in [7, 11) is 1.83. The monoisotopic (exact) mass is 303 g/mol. The van der Waals surface area contributed by atoms with Crippen LogP contribution in [0.2, 0.25) is 0 Å². The molecule has 0 saturated heterocycles. The molecule has 1 aromatic rings. The Morgan fingerprint density at radius 3 is 2.57 bits per heavy atom. The molecule has 0 fully saturated rings. The van der Waals surface area contributed by atoms with Crippen LogP contribution >= 0.6 is 12.2 Å². The van der Waals surface area contributed by atoms with Gasteiger partial charge in [-0.15, -0.1) is 0 Å². The molecule has 2 N–H and O–H groups in total. The van der Waals surface area contributed by atoms with Gasteiger partial charge in [0.15, 0.2) is 5.11 Å². The SMILES string of the molecule is CC.CN1CCC2=C(C1=O)C(c1ccccc1)NC(=S)N2. The molecule has 1 aromatic carbocycles. The zero-order valence-electron chi connectivity index (χ0n) is 12.6. The number of thiocarbonyl (C=S) groups is 1. The fraction of sp³-hybridized carbons (Fsp3) is 0.375. The van der Waals surface area contributed by atoms with E-state index in [1.54, 1.807) is 4.90 Å². The van der Waals surface area contributed by atoms with E-state index in [-0.39, 0.29) is 11.9 Å². The first-order valence-electron chi connectivity index (χ1n) is 7.28. The largest absolute Gasteiger partial charge is 0.351 e. The first-order chi connectivity index (χ1) is 10.2. The maximum absolute atomic E-state index is 12.4. The fourth-order valence-electron chi connectivity index (χ4n) is 2.55. The number of hydrogen-bond acceptors (Lipinski definition) is 2. The van der Waals surface area contributed by atoms with Gasteiger partial charge in [0, 0.05) is 25.7 Å². The molecule has 2 heterocycles. The van der Waals surface area contributed by atoms with E-state index < -0.39 is 0 Å². The molecule has 4 nitrogen and oxygen atoms in total. The van der Waals surface area contributed by atoms with E-state index >= 15 is 0 Å². The zero-order valence-corrected chi connectivity index (χ0v) is 13.5. The molecule has 1 atom stereocenters. The lowest BCUT2D eigenvalue weighted by Gasteiger charge is -2.37. The van der Waals surface area contributed by atoms with Gasteiger partial charge in [-0.3, -0.25) is 4.79 Å². The summed E-state index contributed by atoms with van der Waals surface area (Å²) in [5, 5.41) is 6.91. The van der Waals surface area contributed by atoms with Crippen molar-refractivity contribution in [1.82, 2.24) is 15.5 Å². The molecular formula is C16H21N3OS. The molecule has 112 valence electrons. The molecule has 0 aromatic heterocycles. The van der Waals surface area contributed by atoms with Crippen molar-refractivity contribution >= 4 is 23.2 Å². The molecule has 0 bridgehead atoms. The molecule has 1 unspecified atom stereocenters. The average molecular weight is 303 g/mol. The summed E-state index contributed by atoms with van der Waals surface area (Å²) < 4.78 is 0. The smallest absolute Gasteiger partial charge is 0.253 e. The van der Waals surface area contributed by atoms with Gasteiger partial charge in [-0.05, 0) is 17.8 Å². The third-order valence-corrected chi connectivity index (χ3v) is 3.78. The molecule has 2 aliphatic rings. The quantitative estimate of drug-likeness (QED) is 0.782. The number of carbonyl (C=O) groups is 1. The first-order valence-corrected chi connectivity index (χ1v) is 7.68. The minimum absolute atomic E-state index is 0.0672. The van der Waals surface area contributed by atoms with Crippen LogP contribution in [-0.2, 0) is 4.79 Å². The van der Waals surface area contributed by atoms with Crippen molar-refractivity contribution in [3.8, 4) is 0 Å². The summed E-state index contributed by atoms with van der Waals surface area (Å²) in [5.41, 5.74) is 2.80. The summed E-state index contributed by atoms with van der Waals surface area (Å²) >= 11 is 5.24. The molecule has 0 radical (unpaired) electrons. The van der Waals surface area contributed by atoms with Crippen molar-refractivity contribution in [3.05, 3.63) is 47.2 Å². The normalized spacial score (nSPS) is 20.9. The van der Waals surface area contributed by atoms with Crippen molar-refractivity contribution in [1.29, 1.82) is 0 Å². The lowest BCUT2D eigenvalue weighted by atomic mass is 9.91. The van der Waals surface area contributed by atoms with Crippen LogP contribution in [0.5, 0.6) is 0 Å². The van der Waals surface area contributed by atoms with Crippen molar-refractivity contribution in [2.75, 3.05) is 13.6 Å². The van der Waals surface area contributed by atoms with Crippen molar-refractivity contribution in [2.45, 2.75) is 26.3 Å². The number of carbonyl (C=O) groups excluding carboxylic acids is 1. The van der Waals surface area contributed by atoms with E-state index in [0.717, 1.165) is 29.8 Å². The Labute approximate surface area is 131 Å². The van der Waals surface area contributed by atoms with Crippen LogP contribution in [-0.4, -0.2) is 29.5 Å². The van der Waals surface area contributed by atoms with Gasteiger partial charge in [0.1, 0.15) is 0 Å². The van der Waals surface area contributed by atoms with Gasteiger partial charge in [-0.2, -0.15) is 0 Å². The fourth-order valence-corrected chi connectivity index (χ4v) is 2.79. The van der Waals surface area contributed by atoms with Crippen LogP contribution in [0, 0.1) is 0 Å². The second-order valence-corrected chi connectivity index (χ2v) is 5.22. The lowest BCUT2D eigenvalue weighted by Crippen LogP contribution is -2.50. The summed E-state index contributed by atoms with van der Waals surface area (Å²) in [6, 6.07) is 9.78. The average Bonchev–Trinajstić information content (AvgIpc) is 2.53. The summed E-state index contributed by atoms with van der Waals surface area (Å²) in [4.78, 5) is 14.2. The highest BCUT2D eigenvalue weighted by atomic mass is 32.1. The molecule has 2 aliphatic heterocycles. The van der Waals surface area contributed by atoms with E-state index in [4.69, 9.17) is 12.2 Å². The third kappa shape index (κ3) is 3.08. The van der Waals surface area contributed by atoms with Gasteiger partial charge in [0.05, 0.1) is 11.6 Å². The standard InChI is InChI=1S/C14H15N3OS.C2H6/c1-17-8-7-10-11(13(17)18)12(16-14(19)15-10)9-5-3-2-4-6-9;1-2/h2-6,12H,7-8H2,1H3,(H2,15,16,19);1-2H3. The molecule has 3 rings (SSSR count). The first kappa shape index (κ1) is 15.5. The van der Waals surface area contributed by atoms with E-state index in [1.807, 2.05) is 51.2 Å². The third-order valence-electron chi connectivity index (χ3n) is 3.56. The van der Waals surface area contributed by atoms with Crippen LogP contribution in [0.25, 0.3) is 0 Å². The molecular weight excluding hydrogens is 282 g/mol. The predicted octanol–water partition coefficient (Wildman–Crippen LogP) is 2.35. The predicted molar refractivity (Wildman–Crippen MR) is 88.7 cm³/mol. The highest BCUT2D eigenvalue weighted by Gasteiger charge is 2.35. The van der Waals surface area contributed by atoms with Crippen LogP contribution in [0.3, 0.4) is 0 Å². The second kappa shape index (κ2) is 6.72. The second-order valence-electron chi connectivity index (χ2n) is 4.81. The highest BCUT2D eigenvalue weighted by molar-refractivity contribution is 7.80. The van der Waals surface area contributed by atoms with Gasteiger partial charge in [-0.1, -0.05) is 44.2 Å². The summed E-state index contributed by atoms with van der Waals surface area (Å²) in [5.74, 6) is 0.0672. The zero-order chi connectivity index (χ0) is 15.4.